The number of nitrogens with one attached hydrogen (secondary N) is 2. The molecule has 2 N–H and O–H groups in total. The number of hydrogen-bond acceptors (Lipinski definition) is 9. The van der Waals surface area contributed by atoms with Crippen LogP contribution in [0.4, 0.5) is 4.79 Å². The maximum atomic E-state index is 15.0. The van der Waals surface area contributed by atoms with E-state index in [1.165, 1.54) is 4.90 Å². The maximum absolute atomic E-state index is 15.0. The Morgan fingerprint density at radius 3 is 2.37 bits per heavy atom. The molecule has 3 aromatic rings. The minimum Gasteiger partial charge on any atom is -0.497 e. The number of pyridine rings is 1. The first-order valence-corrected chi connectivity index (χ1v) is 17.6. The van der Waals surface area contributed by atoms with E-state index in [1.807, 2.05) is 51.1 Å². The highest BCUT2D eigenvalue weighted by atomic mass is 16.6. The van der Waals surface area contributed by atoms with E-state index in [9.17, 15) is 19.2 Å². The van der Waals surface area contributed by atoms with Crippen LogP contribution in [-0.2, 0) is 23.9 Å². The van der Waals surface area contributed by atoms with Crippen LogP contribution in [0.1, 0.15) is 67.7 Å². The van der Waals surface area contributed by atoms with Crippen molar-refractivity contribution in [3.63, 3.8) is 0 Å². The molecule has 4 unspecified atom stereocenters. The van der Waals surface area contributed by atoms with Gasteiger partial charge < -0.3 is 29.6 Å². The number of amides is 3. The summed E-state index contributed by atoms with van der Waals surface area (Å²) < 4.78 is 23.4. The Labute approximate surface area is 305 Å². The first kappa shape index (κ1) is 38.1. The molecule has 5 rings (SSSR count). The maximum Gasteiger partial charge on any atom is 0.408 e. The molecule has 1 saturated heterocycles. The molecule has 278 valence electrons. The summed E-state index contributed by atoms with van der Waals surface area (Å²) in [6.45, 7) is 16.4. The van der Waals surface area contributed by atoms with Crippen molar-refractivity contribution >= 4 is 34.8 Å². The van der Waals surface area contributed by atoms with Crippen molar-refractivity contribution in [3.8, 4) is 22.8 Å². The van der Waals surface area contributed by atoms with Gasteiger partial charge in [-0.25, -0.2) is 14.6 Å². The van der Waals surface area contributed by atoms with E-state index in [2.05, 4.69) is 17.2 Å². The Morgan fingerprint density at radius 1 is 1.06 bits per heavy atom. The number of carbonyl (C=O) groups excluding carboxylic acids is 4. The van der Waals surface area contributed by atoms with Gasteiger partial charge in [0.05, 0.1) is 24.9 Å². The molecule has 2 aliphatic rings. The number of esters is 1. The van der Waals surface area contributed by atoms with Crippen molar-refractivity contribution in [1.82, 2.24) is 20.5 Å². The number of likely N-dealkylation sites (tertiary alicyclic amines) is 1. The number of carbonyl (C=O) groups is 4. The lowest BCUT2D eigenvalue weighted by Gasteiger charge is -2.42. The van der Waals surface area contributed by atoms with Gasteiger partial charge in [0, 0.05) is 42.0 Å². The smallest absolute Gasteiger partial charge is 0.408 e. The zero-order valence-corrected chi connectivity index (χ0v) is 31.3. The Morgan fingerprint density at radius 2 is 1.77 bits per heavy atom. The molecule has 4 atom stereocenters. The Balaban J connectivity index is 1.66. The number of aromatic nitrogens is 1. The van der Waals surface area contributed by atoms with E-state index in [-0.39, 0.29) is 37.7 Å². The van der Waals surface area contributed by atoms with Gasteiger partial charge in [-0.3, -0.25) is 14.5 Å². The quantitative estimate of drug-likeness (QED) is 0.176. The van der Waals surface area contributed by atoms with Crippen LogP contribution in [0.3, 0.4) is 0 Å². The van der Waals surface area contributed by atoms with Crippen molar-refractivity contribution in [2.24, 2.45) is 11.3 Å². The fraction of sp³-hybridized carbons (Fsp3) is 0.475. The third-order valence-electron chi connectivity index (χ3n) is 9.33. The van der Waals surface area contributed by atoms with E-state index >= 15 is 0 Å². The van der Waals surface area contributed by atoms with Gasteiger partial charge in [0.15, 0.2) is 0 Å². The topological polar surface area (TPSA) is 145 Å². The molecule has 1 aromatic heterocycles. The lowest BCUT2D eigenvalue weighted by Crippen LogP contribution is -2.67. The van der Waals surface area contributed by atoms with Gasteiger partial charge in [-0.05, 0) is 58.1 Å². The molecule has 1 saturated carbocycles. The number of nitrogens with zero attached hydrogens (tertiary/aromatic N) is 2. The summed E-state index contributed by atoms with van der Waals surface area (Å²) in [5.74, 6) is -1.35. The summed E-state index contributed by atoms with van der Waals surface area (Å²) >= 11 is 0. The van der Waals surface area contributed by atoms with Crippen LogP contribution in [0.25, 0.3) is 22.2 Å². The Bertz CT molecular complexity index is 1850. The molecule has 12 heteroatoms. The summed E-state index contributed by atoms with van der Waals surface area (Å²) in [6.07, 6.45) is 1.60. The van der Waals surface area contributed by atoms with Gasteiger partial charge in [0.2, 0.25) is 5.91 Å². The van der Waals surface area contributed by atoms with E-state index in [4.69, 9.17) is 23.9 Å². The SMILES string of the molecule is C=CC1CC1(NC(=O)C1(Oc2cc(-c3ccccc3)nc3cc(OC)ccc23)CCCN1C(=O)C(NC(=O)OC(C)(C)C)C(C)(C)C)C(=O)OCC. The van der Waals surface area contributed by atoms with E-state index in [0.717, 1.165) is 5.56 Å². The van der Waals surface area contributed by atoms with Crippen LogP contribution in [0.15, 0.2) is 67.3 Å². The first-order chi connectivity index (χ1) is 24.5. The number of fused-ring (bicyclic) bond motifs is 1. The van der Waals surface area contributed by atoms with Gasteiger partial charge in [0.25, 0.3) is 11.6 Å². The first-order valence-electron chi connectivity index (χ1n) is 17.6. The molecule has 1 aliphatic heterocycles. The van der Waals surface area contributed by atoms with E-state index < -0.39 is 52.2 Å². The largest absolute Gasteiger partial charge is 0.497 e. The van der Waals surface area contributed by atoms with Crippen molar-refractivity contribution < 1.29 is 38.1 Å². The van der Waals surface area contributed by atoms with E-state index in [1.54, 1.807) is 65.1 Å². The minimum absolute atomic E-state index is 0.0895. The molecule has 2 fully saturated rings. The van der Waals surface area contributed by atoms with Crippen LogP contribution < -0.4 is 20.1 Å². The summed E-state index contributed by atoms with van der Waals surface area (Å²) in [5.41, 5.74) is -3.04. The summed E-state index contributed by atoms with van der Waals surface area (Å²) in [4.78, 5) is 62.5. The Hall–Kier alpha value is -5.13. The lowest BCUT2D eigenvalue weighted by atomic mass is 9.85. The monoisotopic (exact) mass is 714 g/mol. The number of ether oxygens (including phenoxy) is 4. The third kappa shape index (κ3) is 7.70. The number of benzene rings is 2. The predicted molar refractivity (Wildman–Crippen MR) is 196 cm³/mol. The molecule has 0 spiro atoms. The number of hydrogen-bond donors (Lipinski definition) is 2. The zero-order chi connectivity index (χ0) is 38.1. The molecular weight excluding hydrogens is 664 g/mol. The highest BCUT2D eigenvalue weighted by Crippen LogP contribution is 2.47. The second-order valence-corrected chi connectivity index (χ2v) is 15.4. The van der Waals surface area contributed by atoms with Gasteiger partial charge in [-0.15, -0.1) is 6.58 Å². The zero-order valence-electron chi connectivity index (χ0n) is 31.3. The number of rotatable bonds is 11. The van der Waals surface area contributed by atoms with Crippen LogP contribution in [0.2, 0.25) is 0 Å². The molecular formula is C40H50N4O8. The van der Waals surface area contributed by atoms with Crippen LogP contribution in [0, 0.1) is 11.3 Å². The Kier molecular flexibility index (Phi) is 10.6. The molecule has 3 amide bonds. The normalized spacial score (nSPS) is 21.8. The summed E-state index contributed by atoms with van der Waals surface area (Å²) in [6, 6.07) is 15.5. The molecule has 12 nitrogen and oxygen atoms in total. The highest BCUT2D eigenvalue weighted by molar-refractivity contribution is 5.99. The van der Waals surface area contributed by atoms with Crippen molar-refractivity contribution in [2.45, 2.75) is 90.6 Å². The van der Waals surface area contributed by atoms with E-state index in [0.29, 0.717) is 28.8 Å². The van der Waals surface area contributed by atoms with Crippen molar-refractivity contribution in [3.05, 3.63) is 67.3 Å². The van der Waals surface area contributed by atoms with Gasteiger partial charge >= 0.3 is 12.1 Å². The average molecular weight is 715 g/mol. The number of alkyl carbamates (subject to hydrolysis) is 1. The number of methoxy groups -OCH3 is 1. The van der Waals surface area contributed by atoms with Crippen molar-refractivity contribution in [1.29, 1.82) is 0 Å². The third-order valence-corrected chi connectivity index (χ3v) is 9.33. The average Bonchev–Trinajstić information content (AvgIpc) is 3.64. The molecule has 2 aromatic carbocycles. The molecule has 52 heavy (non-hydrogen) atoms. The van der Waals surface area contributed by atoms with Gasteiger partial charge in [-0.1, -0.05) is 57.2 Å². The van der Waals surface area contributed by atoms with Gasteiger partial charge in [0.1, 0.15) is 28.7 Å². The second-order valence-electron chi connectivity index (χ2n) is 15.4. The summed E-state index contributed by atoms with van der Waals surface area (Å²) in [7, 11) is 1.56. The lowest BCUT2D eigenvalue weighted by molar-refractivity contribution is -0.168. The molecule has 0 bridgehead atoms. The van der Waals surface area contributed by atoms with Gasteiger partial charge in [-0.2, -0.15) is 0 Å². The summed E-state index contributed by atoms with van der Waals surface area (Å²) in [5, 5.41) is 6.29. The second kappa shape index (κ2) is 14.5. The molecule has 2 heterocycles. The standard InChI is InChI=1S/C40H50N4O8/c1-10-26-24-39(26,35(47)50-11-2)43-34(46)40(20-15-21-44(40)33(45)32(37(3,4)5)42-36(48)52-38(6,7)8)51-31-23-29(25-16-13-12-14-17-25)41-30-22-27(49-9)18-19-28(30)31/h10,12-14,16-19,22-23,26,32H,1,11,15,20-21,24H2,2-9H3,(H,42,48)(H,43,46). The van der Waals surface area contributed by atoms with Crippen LogP contribution >= 0.6 is 0 Å². The molecule has 1 aliphatic carbocycles. The molecule has 0 radical (unpaired) electrons. The predicted octanol–water partition coefficient (Wildman–Crippen LogP) is 6.17. The van der Waals surface area contributed by atoms with Crippen molar-refractivity contribution in [2.75, 3.05) is 20.3 Å². The van der Waals surface area contributed by atoms with Crippen LogP contribution in [0.5, 0.6) is 11.5 Å². The fourth-order valence-corrected chi connectivity index (χ4v) is 6.59. The highest BCUT2D eigenvalue weighted by Gasteiger charge is 2.65. The fourth-order valence-electron chi connectivity index (χ4n) is 6.59. The minimum atomic E-state index is -1.95. The van der Waals surface area contributed by atoms with Crippen LogP contribution in [-0.4, -0.2) is 76.9 Å².